The zero-order chi connectivity index (χ0) is 15.1. The summed E-state index contributed by atoms with van der Waals surface area (Å²) in [5.41, 5.74) is 7.02. The van der Waals surface area contributed by atoms with Gasteiger partial charge in [0.15, 0.2) is 9.84 Å². The summed E-state index contributed by atoms with van der Waals surface area (Å²) in [6, 6.07) is 18.3. The highest BCUT2D eigenvalue weighted by Crippen LogP contribution is 2.12. The highest BCUT2D eigenvalue weighted by Gasteiger charge is 2.22. The molecule has 0 radical (unpaired) electrons. The average Bonchev–Trinajstić information content (AvgIpc) is 2.53. The molecule has 6 heteroatoms. The molecule has 22 heavy (non-hydrogen) atoms. The Morgan fingerprint density at radius 3 is 2.09 bits per heavy atom. The number of rotatable bonds is 7. The minimum absolute atomic E-state index is 0. The Kier molecular flexibility index (Phi) is 7.55. The van der Waals surface area contributed by atoms with E-state index in [2.05, 4.69) is 5.32 Å². The molecule has 0 aromatic heterocycles. The molecule has 0 aliphatic rings. The van der Waals surface area contributed by atoms with Gasteiger partial charge in [0.2, 0.25) is 0 Å². The molecule has 0 fully saturated rings. The number of hydrogen-bond donors (Lipinski definition) is 2. The molecule has 1 unspecified atom stereocenters. The van der Waals surface area contributed by atoms with Crippen LogP contribution in [0.5, 0.6) is 0 Å². The highest BCUT2D eigenvalue weighted by atomic mass is 35.5. The van der Waals surface area contributed by atoms with E-state index >= 15 is 0 Å². The van der Waals surface area contributed by atoms with Gasteiger partial charge in [0.05, 0.1) is 4.90 Å². The van der Waals surface area contributed by atoms with E-state index in [1.165, 1.54) is 5.56 Å². The van der Waals surface area contributed by atoms with E-state index in [0.29, 0.717) is 6.54 Å². The predicted molar refractivity (Wildman–Crippen MR) is 91.9 cm³/mol. The molecule has 120 valence electrons. The molecular weight excluding hydrogens is 320 g/mol. The summed E-state index contributed by atoms with van der Waals surface area (Å²) < 4.78 is 24.5. The van der Waals surface area contributed by atoms with E-state index in [-0.39, 0.29) is 23.8 Å². The first-order chi connectivity index (χ1) is 10.1. The van der Waals surface area contributed by atoms with Crippen molar-refractivity contribution in [2.75, 3.05) is 13.1 Å². The highest BCUT2D eigenvalue weighted by molar-refractivity contribution is 7.92. The lowest BCUT2D eigenvalue weighted by Crippen LogP contribution is -2.40. The first kappa shape index (κ1) is 18.6. The van der Waals surface area contributed by atoms with Crippen molar-refractivity contribution < 1.29 is 8.42 Å². The molecule has 0 aliphatic carbocycles. The monoisotopic (exact) mass is 340 g/mol. The van der Waals surface area contributed by atoms with Gasteiger partial charge in [-0.15, -0.1) is 12.4 Å². The maximum absolute atomic E-state index is 12.2. The van der Waals surface area contributed by atoms with Crippen molar-refractivity contribution in [3.05, 3.63) is 66.2 Å². The van der Waals surface area contributed by atoms with Crippen LogP contribution < -0.4 is 11.1 Å². The second kappa shape index (κ2) is 8.90. The van der Waals surface area contributed by atoms with Crippen LogP contribution in [0, 0.1) is 0 Å². The Morgan fingerprint density at radius 1 is 0.955 bits per heavy atom. The van der Waals surface area contributed by atoms with Crippen LogP contribution in [0.3, 0.4) is 0 Å². The third kappa shape index (κ3) is 5.10. The van der Waals surface area contributed by atoms with Crippen LogP contribution in [0.1, 0.15) is 5.56 Å². The fraction of sp³-hybridized carbons (Fsp3) is 0.250. The third-order valence-corrected chi connectivity index (χ3v) is 5.14. The molecule has 0 saturated heterocycles. The largest absolute Gasteiger partial charge is 0.314 e. The van der Waals surface area contributed by atoms with Crippen LogP contribution in [0.25, 0.3) is 0 Å². The standard InChI is InChI=1S/C16H20N2O2S.ClH/c17-16(21(19,20)15-9-5-2-6-10-15)13-18-12-11-14-7-3-1-4-8-14;/h1-10,16,18H,11-13,17H2;1H. The summed E-state index contributed by atoms with van der Waals surface area (Å²) in [4.78, 5) is 0.266. The molecule has 0 spiro atoms. The quantitative estimate of drug-likeness (QED) is 0.756. The van der Waals surface area contributed by atoms with E-state index in [4.69, 9.17) is 5.73 Å². The van der Waals surface area contributed by atoms with Crippen molar-refractivity contribution in [2.45, 2.75) is 16.7 Å². The number of benzene rings is 2. The first-order valence-corrected chi connectivity index (χ1v) is 8.44. The smallest absolute Gasteiger partial charge is 0.195 e. The van der Waals surface area contributed by atoms with Crippen LogP contribution in [-0.2, 0) is 16.3 Å². The van der Waals surface area contributed by atoms with Gasteiger partial charge in [0.1, 0.15) is 5.37 Å². The van der Waals surface area contributed by atoms with Gasteiger partial charge in [-0.25, -0.2) is 8.42 Å². The summed E-state index contributed by atoms with van der Waals surface area (Å²) >= 11 is 0. The number of hydrogen-bond acceptors (Lipinski definition) is 4. The maximum Gasteiger partial charge on any atom is 0.195 e. The van der Waals surface area contributed by atoms with Crippen LogP contribution in [0.2, 0.25) is 0 Å². The fourth-order valence-electron chi connectivity index (χ4n) is 2.02. The summed E-state index contributed by atoms with van der Waals surface area (Å²) in [6.07, 6.45) is 0.846. The summed E-state index contributed by atoms with van der Waals surface area (Å²) in [7, 11) is -3.47. The summed E-state index contributed by atoms with van der Waals surface area (Å²) in [6.45, 7) is 0.937. The molecule has 0 aliphatic heterocycles. The zero-order valence-electron chi connectivity index (χ0n) is 12.2. The van der Waals surface area contributed by atoms with Gasteiger partial charge in [-0.2, -0.15) is 0 Å². The van der Waals surface area contributed by atoms with Crippen molar-refractivity contribution in [1.29, 1.82) is 0 Å². The average molecular weight is 341 g/mol. The molecule has 2 aromatic carbocycles. The van der Waals surface area contributed by atoms with Gasteiger partial charge in [0, 0.05) is 6.54 Å². The van der Waals surface area contributed by atoms with Crippen molar-refractivity contribution in [2.24, 2.45) is 5.73 Å². The normalized spacial score (nSPS) is 12.4. The lowest BCUT2D eigenvalue weighted by Gasteiger charge is -2.14. The lowest BCUT2D eigenvalue weighted by molar-refractivity contribution is 0.567. The van der Waals surface area contributed by atoms with Crippen LogP contribution in [0.4, 0.5) is 0 Å². The van der Waals surface area contributed by atoms with E-state index in [9.17, 15) is 8.42 Å². The molecule has 4 nitrogen and oxygen atoms in total. The number of sulfone groups is 1. The molecular formula is C16H21ClN2O2S. The van der Waals surface area contributed by atoms with Gasteiger partial charge in [-0.05, 0) is 30.7 Å². The van der Waals surface area contributed by atoms with Crippen molar-refractivity contribution in [3.8, 4) is 0 Å². The minimum atomic E-state index is -3.47. The Hall–Kier alpha value is -1.40. The Labute approximate surface area is 138 Å². The van der Waals surface area contributed by atoms with Crippen molar-refractivity contribution in [1.82, 2.24) is 5.32 Å². The van der Waals surface area contributed by atoms with Gasteiger partial charge < -0.3 is 11.1 Å². The summed E-state index contributed by atoms with van der Waals surface area (Å²) in [5.74, 6) is 0. The second-order valence-corrected chi connectivity index (χ2v) is 7.00. The Bertz CT molecular complexity index is 648. The topological polar surface area (TPSA) is 72.2 Å². The van der Waals surface area contributed by atoms with E-state index in [1.807, 2.05) is 30.3 Å². The fourth-order valence-corrected chi connectivity index (χ4v) is 3.24. The predicted octanol–water partition coefficient (Wildman–Crippen LogP) is 2.00. The Morgan fingerprint density at radius 2 is 1.50 bits per heavy atom. The molecule has 1 atom stereocenters. The van der Waals surface area contributed by atoms with Gasteiger partial charge >= 0.3 is 0 Å². The maximum atomic E-state index is 12.2. The van der Waals surface area contributed by atoms with Crippen LogP contribution in [0.15, 0.2) is 65.6 Å². The Balaban J connectivity index is 0.00000242. The van der Waals surface area contributed by atoms with Crippen LogP contribution in [-0.4, -0.2) is 26.9 Å². The molecule has 3 N–H and O–H groups in total. The van der Waals surface area contributed by atoms with Crippen molar-refractivity contribution >= 4 is 22.2 Å². The van der Waals surface area contributed by atoms with E-state index in [0.717, 1.165) is 6.42 Å². The zero-order valence-corrected chi connectivity index (χ0v) is 13.8. The minimum Gasteiger partial charge on any atom is -0.314 e. The first-order valence-electron chi connectivity index (χ1n) is 6.90. The SMILES string of the molecule is Cl.NC(CNCCc1ccccc1)S(=O)(=O)c1ccccc1. The lowest BCUT2D eigenvalue weighted by atomic mass is 10.1. The van der Waals surface area contributed by atoms with E-state index in [1.54, 1.807) is 30.3 Å². The van der Waals surface area contributed by atoms with Crippen LogP contribution >= 0.6 is 12.4 Å². The van der Waals surface area contributed by atoms with Gasteiger partial charge in [-0.1, -0.05) is 48.5 Å². The molecule has 0 heterocycles. The van der Waals surface area contributed by atoms with Gasteiger partial charge in [-0.3, -0.25) is 0 Å². The van der Waals surface area contributed by atoms with E-state index < -0.39 is 15.2 Å². The number of halogens is 1. The summed E-state index contributed by atoms with van der Waals surface area (Å²) in [5, 5.41) is 2.17. The molecule has 2 rings (SSSR count). The second-order valence-electron chi connectivity index (χ2n) is 4.84. The molecule has 0 bridgehead atoms. The van der Waals surface area contributed by atoms with Crippen molar-refractivity contribution in [3.63, 3.8) is 0 Å². The number of nitrogens with two attached hydrogens (primary N) is 1. The van der Waals surface area contributed by atoms with Gasteiger partial charge in [0.25, 0.3) is 0 Å². The third-order valence-electron chi connectivity index (χ3n) is 3.25. The molecule has 0 amide bonds. The molecule has 0 saturated carbocycles. The molecule has 2 aromatic rings. The number of nitrogens with one attached hydrogen (secondary N) is 1.